The number of benzene rings is 1. The first-order valence-electron chi connectivity index (χ1n) is 5.85. The third-order valence-electron chi connectivity index (χ3n) is 3.22. The van der Waals surface area contributed by atoms with E-state index >= 15 is 0 Å². The molecule has 3 rings (SSSR count). The average Bonchev–Trinajstić information content (AvgIpc) is 2.40. The Morgan fingerprint density at radius 1 is 1.35 bits per heavy atom. The standard InChI is InChI=1S/C14H10N4O2/c1-6-3-2-4-7-11(19)9-10(16)8(5-15)13(17)18-14(9)20-12(6)7/h2-4H,1H3,(H4,16,17,18). The lowest BCUT2D eigenvalue weighted by Gasteiger charge is -2.07. The van der Waals surface area contributed by atoms with Gasteiger partial charge in [0.15, 0.2) is 0 Å². The maximum atomic E-state index is 12.5. The Morgan fingerprint density at radius 2 is 2.10 bits per heavy atom. The molecule has 1 aromatic carbocycles. The zero-order chi connectivity index (χ0) is 14.4. The van der Waals surface area contributed by atoms with E-state index in [1.165, 1.54) is 0 Å². The summed E-state index contributed by atoms with van der Waals surface area (Å²) in [7, 11) is 0. The van der Waals surface area contributed by atoms with E-state index in [1.54, 1.807) is 12.1 Å². The van der Waals surface area contributed by atoms with Crippen LogP contribution in [0.5, 0.6) is 0 Å². The van der Waals surface area contributed by atoms with E-state index in [2.05, 4.69) is 4.98 Å². The molecule has 0 aliphatic carbocycles. The molecule has 0 spiro atoms. The molecule has 0 unspecified atom stereocenters. The summed E-state index contributed by atoms with van der Waals surface area (Å²) in [5, 5.41) is 9.52. The van der Waals surface area contributed by atoms with Gasteiger partial charge in [-0.2, -0.15) is 10.2 Å². The van der Waals surface area contributed by atoms with Gasteiger partial charge >= 0.3 is 0 Å². The van der Waals surface area contributed by atoms with Gasteiger partial charge < -0.3 is 15.9 Å². The van der Waals surface area contributed by atoms with Gasteiger partial charge in [-0.15, -0.1) is 0 Å². The van der Waals surface area contributed by atoms with Crippen LogP contribution in [0.1, 0.15) is 11.1 Å². The molecule has 3 aromatic rings. The second-order valence-corrected chi connectivity index (χ2v) is 4.46. The van der Waals surface area contributed by atoms with Crippen LogP contribution >= 0.6 is 0 Å². The molecule has 4 N–H and O–H groups in total. The Balaban J connectivity index is 2.66. The summed E-state index contributed by atoms with van der Waals surface area (Å²) < 4.78 is 5.64. The molecule has 6 heteroatoms. The Morgan fingerprint density at radius 3 is 2.80 bits per heavy atom. The van der Waals surface area contributed by atoms with Crippen LogP contribution in [-0.4, -0.2) is 4.98 Å². The van der Waals surface area contributed by atoms with Crippen LogP contribution in [0.3, 0.4) is 0 Å². The summed E-state index contributed by atoms with van der Waals surface area (Å²) in [6.45, 7) is 1.83. The van der Waals surface area contributed by atoms with Crippen molar-refractivity contribution in [3.8, 4) is 6.07 Å². The molecule has 0 saturated heterocycles. The van der Waals surface area contributed by atoms with Crippen molar-refractivity contribution >= 4 is 33.6 Å². The highest BCUT2D eigenvalue weighted by Gasteiger charge is 2.17. The fourth-order valence-corrected chi connectivity index (χ4v) is 2.21. The first kappa shape index (κ1) is 12.0. The number of hydrogen-bond donors (Lipinski definition) is 2. The van der Waals surface area contributed by atoms with Crippen molar-refractivity contribution in [1.29, 1.82) is 5.26 Å². The SMILES string of the molecule is Cc1cccc2c(=O)c3c(N)c(C#N)c(N)nc3oc12. The highest BCUT2D eigenvalue weighted by Crippen LogP contribution is 2.27. The van der Waals surface area contributed by atoms with Crippen LogP contribution in [0.2, 0.25) is 0 Å². The Bertz CT molecular complexity index is 967. The Labute approximate surface area is 113 Å². The molecule has 0 aliphatic rings. The number of nitriles is 1. The number of anilines is 2. The molecule has 0 radical (unpaired) electrons. The summed E-state index contributed by atoms with van der Waals surface area (Å²) in [5.74, 6) is -0.0476. The van der Waals surface area contributed by atoms with Gasteiger partial charge in [0, 0.05) is 0 Å². The molecule has 0 aliphatic heterocycles. The van der Waals surface area contributed by atoms with E-state index in [9.17, 15) is 4.79 Å². The average molecular weight is 266 g/mol. The largest absolute Gasteiger partial charge is 0.437 e. The summed E-state index contributed by atoms with van der Waals surface area (Å²) in [5.41, 5.74) is 12.5. The highest BCUT2D eigenvalue weighted by atomic mass is 16.3. The Kier molecular flexibility index (Phi) is 2.38. The number of hydrogen-bond acceptors (Lipinski definition) is 6. The van der Waals surface area contributed by atoms with Gasteiger partial charge in [0.25, 0.3) is 0 Å². The number of pyridine rings is 1. The Hall–Kier alpha value is -3.07. The van der Waals surface area contributed by atoms with Crippen molar-refractivity contribution in [2.24, 2.45) is 0 Å². The number of para-hydroxylation sites is 1. The molecule has 98 valence electrons. The van der Waals surface area contributed by atoms with Crippen LogP contribution in [0.15, 0.2) is 27.4 Å². The quantitative estimate of drug-likeness (QED) is 0.597. The molecule has 2 heterocycles. The van der Waals surface area contributed by atoms with E-state index in [0.29, 0.717) is 11.0 Å². The van der Waals surface area contributed by atoms with E-state index in [4.69, 9.17) is 21.1 Å². The normalized spacial score (nSPS) is 10.8. The smallest absolute Gasteiger partial charge is 0.234 e. The van der Waals surface area contributed by atoms with E-state index < -0.39 is 0 Å². The van der Waals surface area contributed by atoms with E-state index in [1.807, 2.05) is 19.1 Å². The zero-order valence-corrected chi connectivity index (χ0v) is 10.6. The minimum Gasteiger partial charge on any atom is -0.437 e. The molecule has 0 saturated carbocycles. The minimum atomic E-state index is -0.313. The van der Waals surface area contributed by atoms with Crippen molar-refractivity contribution in [1.82, 2.24) is 4.98 Å². The van der Waals surface area contributed by atoms with Gasteiger partial charge in [-0.25, -0.2) is 0 Å². The van der Waals surface area contributed by atoms with Gasteiger partial charge in [0.05, 0.1) is 11.1 Å². The molecule has 20 heavy (non-hydrogen) atoms. The summed E-state index contributed by atoms with van der Waals surface area (Å²) in [6, 6.07) is 7.08. The highest BCUT2D eigenvalue weighted by molar-refractivity contribution is 5.98. The van der Waals surface area contributed by atoms with Gasteiger partial charge in [0.2, 0.25) is 11.1 Å². The van der Waals surface area contributed by atoms with Crippen LogP contribution in [0, 0.1) is 18.3 Å². The predicted octanol–water partition coefficient (Wildman–Crippen LogP) is 1.69. The van der Waals surface area contributed by atoms with Gasteiger partial charge in [0.1, 0.15) is 28.4 Å². The number of fused-ring (bicyclic) bond motifs is 2. The molecule has 6 nitrogen and oxygen atoms in total. The number of nitrogen functional groups attached to an aromatic ring is 2. The van der Waals surface area contributed by atoms with Crippen LogP contribution in [0.4, 0.5) is 11.5 Å². The monoisotopic (exact) mass is 266 g/mol. The van der Waals surface area contributed by atoms with Crippen molar-refractivity contribution in [3.05, 3.63) is 39.5 Å². The first-order chi connectivity index (χ1) is 9.54. The predicted molar refractivity (Wildman–Crippen MR) is 76.1 cm³/mol. The lowest BCUT2D eigenvalue weighted by atomic mass is 10.1. The van der Waals surface area contributed by atoms with Crippen molar-refractivity contribution in [3.63, 3.8) is 0 Å². The maximum Gasteiger partial charge on any atom is 0.234 e. The number of nitrogens with two attached hydrogens (primary N) is 2. The fraction of sp³-hybridized carbons (Fsp3) is 0.0714. The second-order valence-electron chi connectivity index (χ2n) is 4.46. The molecular weight excluding hydrogens is 256 g/mol. The summed E-state index contributed by atoms with van der Waals surface area (Å²) in [4.78, 5) is 16.5. The summed E-state index contributed by atoms with van der Waals surface area (Å²) in [6.07, 6.45) is 0. The number of aryl methyl sites for hydroxylation is 1. The van der Waals surface area contributed by atoms with Gasteiger partial charge in [-0.05, 0) is 18.6 Å². The molecule has 0 bridgehead atoms. The third kappa shape index (κ3) is 1.44. The minimum absolute atomic E-state index is 0.00296. The lowest BCUT2D eigenvalue weighted by molar-refractivity contribution is 0.643. The van der Waals surface area contributed by atoms with Crippen LogP contribution in [0.25, 0.3) is 22.1 Å². The molecular formula is C14H10N4O2. The third-order valence-corrected chi connectivity index (χ3v) is 3.22. The summed E-state index contributed by atoms with van der Waals surface area (Å²) >= 11 is 0. The molecule has 0 fully saturated rings. The molecule has 0 amide bonds. The van der Waals surface area contributed by atoms with Gasteiger partial charge in [-0.1, -0.05) is 12.1 Å². The van der Waals surface area contributed by atoms with E-state index in [-0.39, 0.29) is 33.6 Å². The number of nitrogens with zero attached hydrogens (tertiary/aromatic N) is 2. The van der Waals surface area contributed by atoms with Crippen molar-refractivity contribution < 1.29 is 4.42 Å². The van der Waals surface area contributed by atoms with Crippen molar-refractivity contribution in [2.45, 2.75) is 6.92 Å². The van der Waals surface area contributed by atoms with Gasteiger partial charge in [-0.3, -0.25) is 4.79 Å². The molecule has 0 atom stereocenters. The fourth-order valence-electron chi connectivity index (χ4n) is 2.21. The first-order valence-corrected chi connectivity index (χ1v) is 5.85. The molecule has 2 aromatic heterocycles. The van der Waals surface area contributed by atoms with E-state index in [0.717, 1.165) is 5.56 Å². The zero-order valence-electron chi connectivity index (χ0n) is 10.6. The van der Waals surface area contributed by atoms with Crippen LogP contribution in [-0.2, 0) is 0 Å². The van der Waals surface area contributed by atoms with Crippen LogP contribution < -0.4 is 16.9 Å². The van der Waals surface area contributed by atoms with Crippen molar-refractivity contribution in [2.75, 3.05) is 11.5 Å². The number of rotatable bonds is 0. The number of aromatic nitrogens is 1. The topological polar surface area (TPSA) is 119 Å². The lowest BCUT2D eigenvalue weighted by Crippen LogP contribution is -2.10. The maximum absolute atomic E-state index is 12.5. The second kappa shape index (κ2) is 3.96.